The molecule has 0 unspecified atom stereocenters. The molecule has 0 aromatic carbocycles. The molecule has 0 bridgehead atoms. The first-order valence-corrected chi connectivity index (χ1v) is 4.23. The molecule has 1 aromatic rings. The summed E-state index contributed by atoms with van der Waals surface area (Å²) in [6.07, 6.45) is 2.43. The zero-order valence-corrected chi connectivity index (χ0v) is 7.07. The van der Waals surface area contributed by atoms with Crippen molar-refractivity contribution >= 4 is 5.82 Å². The zero-order valence-electron chi connectivity index (χ0n) is 7.07. The maximum atomic E-state index is 9.49. The highest BCUT2D eigenvalue weighted by molar-refractivity contribution is 5.39. The van der Waals surface area contributed by atoms with Gasteiger partial charge in [0.15, 0.2) is 5.82 Å². The Labute approximate surface area is 71.2 Å². The third kappa shape index (κ3) is 1.08. The van der Waals surface area contributed by atoms with Crippen LogP contribution < -0.4 is 4.90 Å². The van der Waals surface area contributed by atoms with Gasteiger partial charge in [-0.15, -0.1) is 0 Å². The van der Waals surface area contributed by atoms with Crippen molar-refractivity contribution in [2.45, 2.75) is 25.5 Å². The van der Waals surface area contributed by atoms with Crippen LogP contribution in [0.4, 0.5) is 5.82 Å². The van der Waals surface area contributed by atoms with Crippen LogP contribution in [0, 0.1) is 0 Å². The summed E-state index contributed by atoms with van der Waals surface area (Å²) in [5, 5.41) is 16.3. The zero-order chi connectivity index (χ0) is 8.55. The molecule has 66 valence electrons. The average molecular weight is 167 g/mol. The van der Waals surface area contributed by atoms with Crippen LogP contribution in [0.1, 0.15) is 13.3 Å². The average Bonchev–Trinajstić information content (AvgIpc) is 2.64. The smallest absolute Gasteiger partial charge is 0.150 e. The lowest BCUT2D eigenvalue weighted by Gasteiger charge is -2.21. The van der Waals surface area contributed by atoms with E-state index in [9.17, 15) is 5.11 Å². The predicted molar refractivity (Wildman–Crippen MR) is 46.0 cm³/mol. The van der Waals surface area contributed by atoms with E-state index in [4.69, 9.17) is 0 Å². The summed E-state index contributed by atoms with van der Waals surface area (Å²) in [4.78, 5) is 2.11. The number of rotatable bonds is 1. The van der Waals surface area contributed by atoms with E-state index < -0.39 is 0 Å². The summed E-state index contributed by atoms with van der Waals surface area (Å²) in [7, 11) is 0. The maximum Gasteiger partial charge on any atom is 0.150 e. The van der Waals surface area contributed by atoms with Crippen LogP contribution in [0.5, 0.6) is 0 Å². The highest BCUT2D eigenvalue weighted by Gasteiger charge is 2.29. The lowest BCUT2D eigenvalue weighted by Crippen LogP contribution is -2.32. The van der Waals surface area contributed by atoms with Crippen LogP contribution in [0.3, 0.4) is 0 Å². The molecule has 1 aromatic heterocycles. The van der Waals surface area contributed by atoms with Gasteiger partial charge in [0.05, 0.1) is 12.1 Å². The topological polar surface area (TPSA) is 52.1 Å². The Morgan fingerprint density at radius 3 is 3.08 bits per heavy atom. The Hall–Kier alpha value is -1.03. The van der Waals surface area contributed by atoms with Crippen LogP contribution in [0.25, 0.3) is 0 Å². The second-order valence-electron chi connectivity index (χ2n) is 3.22. The number of aromatic nitrogens is 2. The number of aliphatic hydroxyl groups is 1. The second kappa shape index (κ2) is 2.79. The molecule has 1 saturated heterocycles. The number of hydrogen-bond acceptors (Lipinski definition) is 3. The molecule has 2 N–H and O–H groups in total. The summed E-state index contributed by atoms with van der Waals surface area (Å²) in [6, 6.07) is 2.11. The van der Waals surface area contributed by atoms with Crippen molar-refractivity contribution in [2.24, 2.45) is 0 Å². The number of nitrogens with zero attached hydrogens (tertiary/aromatic N) is 2. The Morgan fingerprint density at radius 1 is 1.75 bits per heavy atom. The Morgan fingerprint density at radius 2 is 2.58 bits per heavy atom. The number of aromatic amines is 1. The van der Waals surface area contributed by atoms with Crippen LogP contribution >= 0.6 is 0 Å². The fraction of sp³-hybridized carbons (Fsp3) is 0.625. The molecule has 4 heteroatoms. The van der Waals surface area contributed by atoms with Crippen molar-refractivity contribution in [3.63, 3.8) is 0 Å². The Bertz CT molecular complexity index is 247. The second-order valence-corrected chi connectivity index (χ2v) is 3.22. The van der Waals surface area contributed by atoms with Gasteiger partial charge in [-0.2, -0.15) is 5.10 Å². The fourth-order valence-electron chi connectivity index (χ4n) is 1.66. The van der Waals surface area contributed by atoms with Crippen molar-refractivity contribution in [2.75, 3.05) is 11.4 Å². The van der Waals surface area contributed by atoms with E-state index in [0.717, 1.165) is 18.8 Å². The minimum atomic E-state index is -0.207. The molecule has 0 radical (unpaired) electrons. The summed E-state index contributed by atoms with van der Waals surface area (Å²) in [5.41, 5.74) is 0. The molecule has 1 fully saturated rings. The number of aliphatic hydroxyl groups excluding tert-OH is 1. The van der Waals surface area contributed by atoms with Gasteiger partial charge < -0.3 is 10.0 Å². The van der Waals surface area contributed by atoms with E-state index in [1.165, 1.54) is 0 Å². The molecule has 12 heavy (non-hydrogen) atoms. The normalized spacial score (nSPS) is 29.7. The standard InChI is InChI=1S/C8H13N3O/c1-6-7(12)3-5-11(6)8-2-4-9-10-8/h2,4,6-7,12H,3,5H2,1H3,(H,9,10)/t6-,7+/m0/s1. The van der Waals surface area contributed by atoms with Crippen LogP contribution in [0.15, 0.2) is 12.3 Å². The molecule has 0 saturated carbocycles. The minimum absolute atomic E-state index is 0.188. The van der Waals surface area contributed by atoms with Gasteiger partial charge in [0.1, 0.15) is 0 Å². The number of nitrogens with one attached hydrogen (secondary N) is 1. The molecule has 2 rings (SSSR count). The molecule has 0 amide bonds. The molecule has 0 aliphatic carbocycles. The summed E-state index contributed by atoms with van der Waals surface area (Å²) in [6.45, 7) is 2.92. The third-order valence-corrected chi connectivity index (χ3v) is 2.49. The monoisotopic (exact) mass is 167 g/mol. The van der Waals surface area contributed by atoms with Crippen molar-refractivity contribution in [1.29, 1.82) is 0 Å². The first-order chi connectivity index (χ1) is 5.79. The van der Waals surface area contributed by atoms with Gasteiger partial charge in [0.25, 0.3) is 0 Å². The number of H-pyrrole nitrogens is 1. The van der Waals surface area contributed by atoms with Crippen LogP contribution in [-0.4, -0.2) is 34.0 Å². The Balaban J connectivity index is 2.16. The van der Waals surface area contributed by atoms with Crippen molar-refractivity contribution < 1.29 is 5.11 Å². The van der Waals surface area contributed by atoms with Gasteiger partial charge in [-0.25, -0.2) is 0 Å². The third-order valence-electron chi connectivity index (χ3n) is 2.49. The molecule has 2 heterocycles. The highest BCUT2D eigenvalue weighted by atomic mass is 16.3. The molecule has 0 spiro atoms. The quantitative estimate of drug-likeness (QED) is 0.635. The molecular formula is C8H13N3O. The lowest BCUT2D eigenvalue weighted by molar-refractivity contribution is 0.170. The first kappa shape index (κ1) is 7.61. The van der Waals surface area contributed by atoms with Gasteiger partial charge in [-0.3, -0.25) is 5.10 Å². The molecule has 4 nitrogen and oxygen atoms in total. The van der Waals surface area contributed by atoms with Gasteiger partial charge >= 0.3 is 0 Å². The Kier molecular flexibility index (Phi) is 1.77. The van der Waals surface area contributed by atoms with Crippen LogP contribution in [-0.2, 0) is 0 Å². The van der Waals surface area contributed by atoms with E-state index >= 15 is 0 Å². The maximum absolute atomic E-state index is 9.49. The van der Waals surface area contributed by atoms with E-state index in [1.807, 2.05) is 13.0 Å². The fourth-order valence-corrected chi connectivity index (χ4v) is 1.66. The van der Waals surface area contributed by atoms with Gasteiger partial charge in [-0.1, -0.05) is 0 Å². The van der Waals surface area contributed by atoms with Gasteiger partial charge in [0, 0.05) is 18.8 Å². The predicted octanol–water partition coefficient (Wildman–Crippen LogP) is 0.369. The summed E-state index contributed by atoms with van der Waals surface area (Å²) < 4.78 is 0. The number of anilines is 1. The molecule has 1 aliphatic heterocycles. The lowest BCUT2D eigenvalue weighted by atomic mass is 10.2. The van der Waals surface area contributed by atoms with Crippen molar-refractivity contribution in [3.05, 3.63) is 12.3 Å². The van der Waals surface area contributed by atoms with Crippen LogP contribution in [0.2, 0.25) is 0 Å². The number of hydrogen-bond donors (Lipinski definition) is 2. The van der Waals surface area contributed by atoms with Crippen molar-refractivity contribution in [1.82, 2.24) is 10.2 Å². The van der Waals surface area contributed by atoms with E-state index in [-0.39, 0.29) is 12.1 Å². The highest BCUT2D eigenvalue weighted by Crippen LogP contribution is 2.22. The first-order valence-electron chi connectivity index (χ1n) is 4.23. The van der Waals surface area contributed by atoms with E-state index in [1.54, 1.807) is 6.20 Å². The van der Waals surface area contributed by atoms with E-state index in [2.05, 4.69) is 15.1 Å². The minimum Gasteiger partial charge on any atom is -0.391 e. The summed E-state index contributed by atoms with van der Waals surface area (Å²) in [5.74, 6) is 0.930. The molecule has 2 atom stereocenters. The van der Waals surface area contributed by atoms with Crippen molar-refractivity contribution in [3.8, 4) is 0 Å². The summed E-state index contributed by atoms with van der Waals surface area (Å²) >= 11 is 0. The largest absolute Gasteiger partial charge is 0.391 e. The molecular weight excluding hydrogens is 154 g/mol. The van der Waals surface area contributed by atoms with Gasteiger partial charge in [-0.05, 0) is 13.3 Å². The van der Waals surface area contributed by atoms with Gasteiger partial charge in [0.2, 0.25) is 0 Å². The SMILES string of the molecule is C[C@H]1[C@H](O)CCN1c1cc[nH]n1. The van der Waals surface area contributed by atoms with E-state index in [0.29, 0.717) is 0 Å². The molecule has 1 aliphatic rings.